The molecule has 0 radical (unpaired) electrons. The van der Waals surface area contributed by atoms with Gasteiger partial charge in [0.1, 0.15) is 6.67 Å². The van der Waals surface area contributed by atoms with E-state index in [1.54, 1.807) is 0 Å². The van der Waals surface area contributed by atoms with E-state index < -0.39 is 0 Å². The van der Waals surface area contributed by atoms with Crippen LogP contribution in [0, 0.1) is 6.92 Å². The highest BCUT2D eigenvalue weighted by atomic mass is 35.5. The fourth-order valence-electron chi connectivity index (χ4n) is 2.33. The molecule has 104 valence electrons. The zero-order valence-electron chi connectivity index (χ0n) is 10.6. The molecule has 1 fully saturated rings. The molecule has 0 saturated carbocycles. The zero-order chi connectivity index (χ0) is 11.4. The minimum atomic E-state index is -0.301. The summed E-state index contributed by atoms with van der Waals surface area (Å²) < 4.78 is 13.2. The lowest BCUT2D eigenvalue weighted by molar-refractivity contribution is 0.147. The molecule has 2 nitrogen and oxygen atoms in total. The topological polar surface area (TPSA) is 15.3 Å². The van der Waals surface area contributed by atoms with Crippen LogP contribution < -0.4 is 5.32 Å². The van der Waals surface area contributed by atoms with Crippen LogP contribution in [0.15, 0.2) is 24.3 Å². The quantitative estimate of drug-likeness (QED) is 0.922. The molecule has 5 heteroatoms. The number of alkyl halides is 1. The van der Waals surface area contributed by atoms with Crippen LogP contribution in [-0.4, -0.2) is 37.8 Å². The van der Waals surface area contributed by atoms with Crippen molar-refractivity contribution in [3.8, 4) is 0 Å². The first-order valence-corrected chi connectivity index (χ1v) is 5.89. The first-order valence-electron chi connectivity index (χ1n) is 5.89. The van der Waals surface area contributed by atoms with Crippen molar-refractivity contribution < 1.29 is 4.39 Å². The van der Waals surface area contributed by atoms with E-state index in [9.17, 15) is 4.39 Å². The van der Waals surface area contributed by atoms with Gasteiger partial charge in [0.25, 0.3) is 0 Å². The molecular weight excluding hydrogens is 274 g/mol. The Morgan fingerprint density at radius 2 is 1.83 bits per heavy atom. The third-order valence-corrected chi connectivity index (χ3v) is 3.29. The molecule has 1 atom stereocenters. The minimum Gasteiger partial charge on any atom is -0.314 e. The van der Waals surface area contributed by atoms with Crippen molar-refractivity contribution in [2.24, 2.45) is 0 Å². The second-order valence-electron chi connectivity index (χ2n) is 4.31. The lowest BCUT2D eigenvalue weighted by Gasteiger charge is -2.34. The minimum absolute atomic E-state index is 0. The van der Waals surface area contributed by atoms with E-state index in [1.165, 1.54) is 5.56 Å². The Balaban J connectivity index is 0.00000144. The van der Waals surface area contributed by atoms with E-state index in [0.717, 1.165) is 31.7 Å². The van der Waals surface area contributed by atoms with Gasteiger partial charge < -0.3 is 5.32 Å². The van der Waals surface area contributed by atoms with Gasteiger partial charge in [0, 0.05) is 26.2 Å². The van der Waals surface area contributed by atoms with Crippen LogP contribution in [0.4, 0.5) is 4.39 Å². The number of hydrogen-bond acceptors (Lipinski definition) is 2. The van der Waals surface area contributed by atoms with Gasteiger partial charge in [0.15, 0.2) is 0 Å². The molecule has 0 aliphatic carbocycles. The first-order chi connectivity index (χ1) is 7.83. The van der Waals surface area contributed by atoms with Crippen molar-refractivity contribution in [1.82, 2.24) is 10.2 Å². The highest BCUT2D eigenvalue weighted by molar-refractivity contribution is 5.85. The van der Waals surface area contributed by atoms with Gasteiger partial charge in [-0.1, -0.05) is 24.3 Å². The summed E-state index contributed by atoms with van der Waals surface area (Å²) in [5, 5.41) is 3.30. The summed E-state index contributed by atoms with van der Waals surface area (Å²) in [7, 11) is 0. The molecule has 0 spiro atoms. The molecule has 1 aromatic rings. The van der Waals surface area contributed by atoms with Crippen LogP contribution in [-0.2, 0) is 0 Å². The maximum atomic E-state index is 13.2. The summed E-state index contributed by atoms with van der Waals surface area (Å²) in [5.41, 5.74) is 2.32. The SMILES string of the molecule is Cc1ccccc1[C@H](CF)N1CCNCC1.Cl.Cl. The average molecular weight is 295 g/mol. The highest BCUT2D eigenvalue weighted by Gasteiger charge is 2.22. The van der Waals surface area contributed by atoms with E-state index in [2.05, 4.69) is 23.2 Å². The van der Waals surface area contributed by atoms with Gasteiger partial charge in [-0.05, 0) is 18.1 Å². The second kappa shape index (κ2) is 8.70. The van der Waals surface area contributed by atoms with E-state index in [1.807, 2.05) is 18.2 Å². The predicted octanol–water partition coefficient (Wildman–Crippen LogP) is 2.75. The fourth-order valence-corrected chi connectivity index (χ4v) is 2.33. The van der Waals surface area contributed by atoms with Crippen molar-refractivity contribution in [1.29, 1.82) is 0 Å². The van der Waals surface area contributed by atoms with Crippen LogP contribution in [0.3, 0.4) is 0 Å². The Bertz CT molecular complexity index is 344. The Morgan fingerprint density at radius 1 is 1.22 bits per heavy atom. The van der Waals surface area contributed by atoms with Crippen LogP contribution in [0.2, 0.25) is 0 Å². The third kappa shape index (κ3) is 4.09. The van der Waals surface area contributed by atoms with Gasteiger partial charge in [-0.15, -0.1) is 24.8 Å². The van der Waals surface area contributed by atoms with Crippen LogP contribution >= 0.6 is 24.8 Å². The summed E-state index contributed by atoms with van der Waals surface area (Å²) in [6.45, 7) is 5.54. The van der Waals surface area contributed by atoms with Crippen molar-refractivity contribution >= 4 is 24.8 Å². The first kappa shape index (κ1) is 17.6. The lowest BCUT2D eigenvalue weighted by Crippen LogP contribution is -2.45. The van der Waals surface area contributed by atoms with Crippen LogP contribution in [0.25, 0.3) is 0 Å². The molecule has 2 rings (SSSR count). The molecule has 1 aliphatic rings. The molecule has 1 heterocycles. The Labute approximate surface area is 121 Å². The normalized spacial score (nSPS) is 17.4. The number of benzene rings is 1. The standard InChI is InChI=1S/C13H19FN2.2ClH/c1-11-4-2-3-5-12(11)13(10-14)16-8-6-15-7-9-16;;/h2-5,13,15H,6-10H2,1H3;2*1H/t13-;;/m0../s1. The highest BCUT2D eigenvalue weighted by Crippen LogP contribution is 2.24. The molecule has 1 saturated heterocycles. The van der Waals surface area contributed by atoms with Gasteiger partial charge in [0.2, 0.25) is 0 Å². The van der Waals surface area contributed by atoms with Gasteiger partial charge in [0.05, 0.1) is 6.04 Å². The van der Waals surface area contributed by atoms with Gasteiger partial charge in [-0.3, -0.25) is 4.90 Å². The summed E-state index contributed by atoms with van der Waals surface area (Å²) in [4.78, 5) is 2.23. The van der Waals surface area contributed by atoms with Crippen LogP contribution in [0.5, 0.6) is 0 Å². The number of rotatable bonds is 3. The van der Waals surface area contributed by atoms with Crippen molar-refractivity contribution in [2.75, 3.05) is 32.9 Å². The molecule has 0 unspecified atom stereocenters. The van der Waals surface area contributed by atoms with E-state index >= 15 is 0 Å². The summed E-state index contributed by atoms with van der Waals surface area (Å²) in [5.74, 6) is 0. The maximum absolute atomic E-state index is 13.2. The smallest absolute Gasteiger partial charge is 0.109 e. The number of hydrogen-bond donors (Lipinski definition) is 1. The zero-order valence-corrected chi connectivity index (χ0v) is 12.2. The van der Waals surface area contributed by atoms with E-state index in [-0.39, 0.29) is 37.5 Å². The third-order valence-electron chi connectivity index (χ3n) is 3.29. The second-order valence-corrected chi connectivity index (χ2v) is 4.31. The number of nitrogens with zero attached hydrogens (tertiary/aromatic N) is 1. The summed E-state index contributed by atoms with van der Waals surface area (Å²) in [6.07, 6.45) is 0. The average Bonchev–Trinajstić information content (AvgIpc) is 2.34. The monoisotopic (exact) mass is 294 g/mol. The largest absolute Gasteiger partial charge is 0.314 e. The van der Waals surface area contributed by atoms with Crippen molar-refractivity contribution in [3.63, 3.8) is 0 Å². The molecule has 1 aromatic carbocycles. The summed E-state index contributed by atoms with van der Waals surface area (Å²) in [6, 6.07) is 8.03. The Kier molecular flexibility index (Phi) is 8.53. The fraction of sp³-hybridized carbons (Fsp3) is 0.538. The molecule has 1 aliphatic heterocycles. The van der Waals surface area contributed by atoms with Crippen molar-refractivity contribution in [3.05, 3.63) is 35.4 Å². The van der Waals surface area contributed by atoms with Gasteiger partial charge in [-0.25, -0.2) is 4.39 Å². The lowest BCUT2D eigenvalue weighted by atomic mass is 10.0. The molecule has 1 N–H and O–H groups in total. The maximum Gasteiger partial charge on any atom is 0.109 e. The molecular formula is C13H21Cl2FN2. The Hall–Kier alpha value is -0.350. The molecule has 18 heavy (non-hydrogen) atoms. The van der Waals surface area contributed by atoms with E-state index in [4.69, 9.17) is 0 Å². The van der Waals surface area contributed by atoms with Gasteiger partial charge >= 0.3 is 0 Å². The number of aryl methyl sites for hydroxylation is 1. The summed E-state index contributed by atoms with van der Waals surface area (Å²) >= 11 is 0. The molecule has 0 aromatic heterocycles. The van der Waals surface area contributed by atoms with Crippen LogP contribution in [0.1, 0.15) is 17.2 Å². The van der Waals surface area contributed by atoms with E-state index in [0.29, 0.717) is 0 Å². The number of nitrogens with one attached hydrogen (secondary N) is 1. The number of piperazine rings is 1. The van der Waals surface area contributed by atoms with Gasteiger partial charge in [-0.2, -0.15) is 0 Å². The molecule has 0 bridgehead atoms. The Morgan fingerprint density at radius 3 is 2.39 bits per heavy atom. The molecule has 0 amide bonds. The predicted molar refractivity (Wildman–Crippen MR) is 78.8 cm³/mol. The van der Waals surface area contributed by atoms with Crippen molar-refractivity contribution in [2.45, 2.75) is 13.0 Å². The number of halogens is 3.